The first kappa shape index (κ1) is 23.3. The number of Topliss-reactive ketones (excluding diaryl/α,β-unsaturated/α-hetero) is 2. The molecule has 0 bridgehead atoms. The Morgan fingerprint density at radius 3 is 1.68 bits per heavy atom. The standard InChI is InChI=1S/C22H19NO8/c1-13(24)19(27)23(20(28)14(2)25)17(15-9-5-3-6-10-15)18(26)22(30)31-21(29)16-11-7-4-8-12-16/h3-12,17-18,26H,1-2H3/t17-,18+/m0/s1. The SMILES string of the molecule is CC(=O)C(=O)N(C(=O)C(C)=O)[C@@H](c1ccccc1)[C@@H](O)C(=O)OC(=O)c1ccccc1. The first-order chi connectivity index (χ1) is 14.6. The second-order valence-electron chi connectivity index (χ2n) is 6.47. The van der Waals surface area contributed by atoms with E-state index in [0.717, 1.165) is 13.8 Å². The number of ketones is 2. The monoisotopic (exact) mass is 425 g/mol. The fraction of sp³-hybridized carbons (Fsp3) is 0.182. The number of aliphatic hydroxyl groups is 1. The van der Waals surface area contributed by atoms with Crippen LogP contribution in [-0.2, 0) is 28.7 Å². The third-order valence-corrected chi connectivity index (χ3v) is 4.20. The number of hydrogen-bond acceptors (Lipinski definition) is 8. The molecule has 0 saturated heterocycles. The van der Waals surface area contributed by atoms with Crippen molar-refractivity contribution in [1.82, 2.24) is 4.90 Å². The number of amides is 2. The maximum atomic E-state index is 12.5. The molecule has 9 nitrogen and oxygen atoms in total. The van der Waals surface area contributed by atoms with Gasteiger partial charge in [-0.15, -0.1) is 0 Å². The molecule has 0 heterocycles. The highest BCUT2D eigenvalue weighted by molar-refractivity contribution is 6.46. The molecule has 0 spiro atoms. The molecule has 0 aromatic heterocycles. The van der Waals surface area contributed by atoms with Crippen molar-refractivity contribution in [3.8, 4) is 0 Å². The molecule has 0 unspecified atom stereocenters. The van der Waals surface area contributed by atoms with Crippen LogP contribution in [0.1, 0.15) is 35.8 Å². The number of esters is 2. The topological polar surface area (TPSA) is 135 Å². The molecule has 160 valence electrons. The van der Waals surface area contributed by atoms with E-state index in [1.807, 2.05) is 0 Å². The molecule has 0 aliphatic heterocycles. The van der Waals surface area contributed by atoms with Gasteiger partial charge in [-0.2, -0.15) is 0 Å². The van der Waals surface area contributed by atoms with Crippen molar-refractivity contribution < 1.29 is 38.6 Å². The highest BCUT2D eigenvalue weighted by Crippen LogP contribution is 2.27. The van der Waals surface area contributed by atoms with Gasteiger partial charge in [0.25, 0.3) is 11.8 Å². The second kappa shape index (κ2) is 10.2. The van der Waals surface area contributed by atoms with E-state index in [-0.39, 0.29) is 16.0 Å². The largest absolute Gasteiger partial charge is 0.387 e. The van der Waals surface area contributed by atoms with Crippen LogP contribution in [0.4, 0.5) is 0 Å². The fourth-order valence-electron chi connectivity index (χ4n) is 2.72. The van der Waals surface area contributed by atoms with Crippen molar-refractivity contribution in [3.05, 3.63) is 71.8 Å². The fourth-order valence-corrected chi connectivity index (χ4v) is 2.72. The number of aliphatic hydroxyl groups excluding tert-OH is 1. The van der Waals surface area contributed by atoms with Crippen LogP contribution in [0, 0.1) is 0 Å². The van der Waals surface area contributed by atoms with Crippen LogP contribution in [0.25, 0.3) is 0 Å². The minimum atomic E-state index is -2.26. The first-order valence-electron chi connectivity index (χ1n) is 9.08. The smallest absolute Gasteiger partial charge is 0.345 e. The number of imide groups is 1. The van der Waals surface area contributed by atoms with Crippen molar-refractivity contribution in [2.24, 2.45) is 0 Å². The van der Waals surface area contributed by atoms with Crippen molar-refractivity contribution in [1.29, 1.82) is 0 Å². The van der Waals surface area contributed by atoms with Crippen LogP contribution in [0.15, 0.2) is 60.7 Å². The molecule has 0 aliphatic rings. The number of carbonyl (C=O) groups is 6. The molecule has 0 saturated carbocycles. The number of ether oxygens (including phenoxy) is 1. The normalized spacial score (nSPS) is 12.2. The molecule has 1 N–H and O–H groups in total. The van der Waals surface area contributed by atoms with Crippen molar-refractivity contribution in [2.75, 3.05) is 0 Å². The van der Waals surface area contributed by atoms with E-state index in [1.54, 1.807) is 12.1 Å². The first-order valence-corrected chi connectivity index (χ1v) is 9.08. The Kier molecular flexibility index (Phi) is 7.64. The number of carbonyl (C=O) groups excluding carboxylic acids is 6. The van der Waals surface area contributed by atoms with Crippen molar-refractivity contribution >= 4 is 35.3 Å². The van der Waals surface area contributed by atoms with Gasteiger partial charge >= 0.3 is 11.9 Å². The predicted molar refractivity (Wildman–Crippen MR) is 105 cm³/mol. The molecule has 2 aromatic rings. The number of benzene rings is 2. The van der Waals surface area contributed by atoms with Gasteiger partial charge < -0.3 is 9.84 Å². The second-order valence-corrected chi connectivity index (χ2v) is 6.47. The van der Waals surface area contributed by atoms with Crippen molar-refractivity contribution in [3.63, 3.8) is 0 Å². The Bertz CT molecular complexity index is 990. The van der Waals surface area contributed by atoms with E-state index in [0.29, 0.717) is 0 Å². The van der Waals surface area contributed by atoms with Gasteiger partial charge in [-0.05, 0) is 17.7 Å². The average Bonchev–Trinajstić information content (AvgIpc) is 2.77. The summed E-state index contributed by atoms with van der Waals surface area (Å²) in [6.45, 7) is 1.74. The van der Waals surface area contributed by atoms with Gasteiger partial charge in [0.2, 0.25) is 11.6 Å². The van der Waals surface area contributed by atoms with Gasteiger partial charge in [0, 0.05) is 13.8 Å². The summed E-state index contributed by atoms with van der Waals surface area (Å²) in [5, 5.41) is 10.7. The van der Waals surface area contributed by atoms with Crippen LogP contribution in [0.5, 0.6) is 0 Å². The molecule has 2 aromatic carbocycles. The lowest BCUT2D eigenvalue weighted by Crippen LogP contribution is -2.51. The summed E-state index contributed by atoms with van der Waals surface area (Å²) < 4.78 is 4.68. The summed E-state index contributed by atoms with van der Waals surface area (Å²) in [5.74, 6) is -7.56. The van der Waals surface area contributed by atoms with E-state index < -0.39 is 47.5 Å². The number of rotatable bonds is 7. The minimum Gasteiger partial charge on any atom is -0.387 e. The highest BCUT2D eigenvalue weighted by Gasteiger charge is 2.42. The summed E-state index contributed by atoms with van der Waals surface area (Å²) in [6, 6.07) is 13.0. The van der Waals surface area contributed by atoms with Gasteiger partial charge in [0.15, 0.2) is 6.10 Å². The van der Waals surface area contributed by atoms with Crippen LogP contribution >= 0.6 is 0 Å². The lowest BCUT2D eigenvalue weighted by atomic mass is 9.98. The maximum Gasteiger partial charge on any atom is 0.345 e. The molecule has 9 heteroatoms. The Morgan fingerprint density at radius 1 is 0.774 bits per heavy atom. The molecular weight excluding hydrogens is 406 g/mol. The summed E-state index contributed by atoms with van der Waals surface area (Å²) in [4.78, 5) is 73.2. The van der Waals surface area contributed by atoms with E-state index in [9.17, 15) is 33.9 Å². The van der Waals surface area contributed by atoms with Crippen molar-refractivity contribution in [2.45, 2.75) is 26.0 Å². The molecule has 0 radical (unpaired) electrons. The Balaban J connectivity index is 2.46. The molecule has 2 rings (SSSR count). The van der Waals surface area contributed by atoms with Crippen LogP contribution in [0.3, 0.4) is 0 Å². The van der Waals surface area contributed by atoms with Crippen LogP contribution in [-0.4, -0.2) is 51.4 Å². The molecule has 2 atom stereocenters. The zero-order valence-electron chi connectivity index (χ0n) is 16.7. The average molecular weight is 425 g/mol. The van der Waals surface area contributed by atoms with E-state index in [1.165, 1.54) is 48.5 Å². The van der Waals surface area contributed by atoms with Gasteiger partial charge in [0.1, 0.15) is 6.04 Å². The van der Waals surface area contributed by atoms with Gasteiger partial charge in [-0.3, -0.25) is 24.1 Å². The minimum absolute atomic E-state index is 0.0239. The predicted octanol–water partition coefficient (Wildman–Crippen LogP) is 1.01. The molecule has 2 amide bonds. The quantitative estimate of drug-likeness (QED) is 0.394. The lowest BCUT2D eigenvalue weighted by molar-refractivity contribution is -0.164. The maximum absolute atomic E-state index is 12.5. The molecule has 0 aliphatic carbocycles. The van der Waals surface area contributed by atoms with E-state index in [2.05, 4.69) is 4.74 Å². The van der Waals surface area contributed by atoms with Crippen LogP contribution in [0.2, 0.25) is 0 Å². The van der Waals surface area contributed by atoms with E-state index in [4.69, 9.17) is 0 Å². The zero-order chi connectivity index (χ0) is 23.1. The Labute approximate surface area is 177 Å². The van der Waals surface area contributed by atoms with Gasteiger partial charge in [-0.1, -0.05) is 48.5 Å². The van der Waals surface area contributed by atoms with Crippen LogP contribution < -0.4 is 0 Å². The Hall–Kier alpha value is -3.98. The molecule has 0 fully saturated rings. The summed E-state index contributed by atoms with van der Waals surface area (Å²) >= 11 is 0. The number of hydrogen-bond donors (Lipinski definition) is 1. The highest BCUT2D eigenvalue weighted by atomic mass is 16.6. The third-order valence-electron chi connectivity index (χ3n) is 4.20. The molecular formula is C22H19NO8. The molecule has 31 heavy (non-hydrogen) atoms. The lowest BCUT2D eigenvalue weighted by Gasteiger charge is -2.31. The zero-order valence-corrected chi connectivity index (χ0v) is 16.7. The number of nitrogens with zero attached hydrogens (tertiary/aromatic N) is 1. The van der Waals surface area contributed by atoms with Gasteiger partial charge in [0.05, 0.1) is 5.56 Å². The summed E-state index contributed by atoms with van der Waals surface area (Å²) in [5.41, 5.74) is 0.0825. The summed E-state index contributed by atoms with van der Waals surface area (Å²) in [7, 11) is 0. The van der Waals surface area contributed by atoms with Gasteiger partial charge in [-0.25, -0.2) is 9.59 Å². The Morgan fingerprint density at radius 2 is 1.23 bits per heavy atom. The summed E-state index contributed by atoms with van der Waals surface area (Å²) in [6.07, 6.45) is -2.26. The third kappa shape index (κ3) is 5.55. The van der Waals surface area contributed by atoms with E-state index >= 15 is 0 Å².